The molecule has 5 atom stereocenters. The SMILES string of the molecule is CCCCCCCCCCCCCCCCCCCCCC(=O)O[C@H](COC(=O)CCCCCCCCCCCCCCCCC)COP(=O)(O)OC[C@@H](O)COP(=O)(O)OC[C@@H](COC(=O)CCCCCCCCCCC(C)C)OC(=O)CCCCCCCCCCCCCC(C)C. The van der Waals surface area contributed by atoms with Gasteiger partial charge in [-0.3, -0.25) is 37.3 Å². The Morgan fingerprint density at radius 2 is 0.465 bits per heavy atom. The summed E-state index contributed by atoms with van der Waals surface area (Å²) in [5.41, 5.74) is 0. The van der Waals surface area contributed by atoms with Crippen LogP contribution in [0.1, 0.15) is 420 Å². The van der Waals surface area contributed by atoms with Gasteiger partial charge in [0, 0.05) is 25.7 Å². The number of phosphoric ester groups is 2. The molecule has 19 heteroatoms. The topological polar surface area (TPSA) is 237 Å². The molecule has 0 saturated heterocycles. The number of carbonyl (C=O) groups is 4. The second kappa shape index (κ2) is 71.7. The fourth-order valence-electron chi connectivity index (χ4n) is 12.4. The van der Waals surface area contributed by atoms with Crippen molar-refractivity contribution in [3.63, 3.8) is 0 Å². The Kier molecular flexibility index (Phi) is 70.3. The van der Waals surface area contributed by atoms with Gasteiger partial charge in [0.25, 0.3) is 0 Å². The van der Waals surface area contributed by atoms with E-state index in [1.807, 2.05) is 0 Å². The van der Waals surface area contributed by atoms with E-state index in [0.717, 1.165) is 102 Å². The van der Waals surface area contributed by atoms with Crippen LogP contribution in [0.2, 0.25) is 0 Å². The summed E-state index contributed by atoms with van der Waals surface area (Å²) in [7, 11) is -9.92. The highest BCUT2D eigenvalue weighted by Crippen LogP contribution is 2.45. The zero-order valence-corrected chi connectivity index (χ0v) is 66.6. The van der Waals surface area contributed by atoms with Gasteiger partial charge in [0.05, 0.1) is 26.4 Å². The fourth-order valence-corrected chi connectivity index (χ4v) is 13.9. The Balaban J connectivity index is 5.25. The third kappa shape index (κ3) is 74.1. The van der Waals surface area contributed by atoms with Crippen LogP contribution in [0.5, 0.6) is 0 Å². The highest BCUT2D eigenvalue weighted by atomic mass is 31.2. The Labute approximate surface area is 607 Å². The van der Waals surface area contributed by atoms with Gasteiger partial charge in [-0.1, -0.05) is 369 Å². The highest BCUT2D eigenvalue weighted by Gasteiger charge is 2.30. The third-order valence-electron chi connectivity index (χ3n) is 18.7. The molecule has 588 valence electrons. The summed E-state index contributed by atoms with van der Waals surface area (Å²) in [5, 5.41) is 10.6. The molecule has 0 aromatic rings. The molecule has 0 spiro atoms. The van der Waals surface area contributed by atoms with Crippen LogP contribution >= 0.6 is 15.6 Å². The number of rotatable bonds is 79. The van der Waals surface area contributed by atoms with Gasteiger partial charge in [-0.2, -0.15) is 0 Å². The summed E-state index contributed by atoms with van der Waals surface area (Å²) >= 11 is 0. The minimum atomic E-state index is -4.96. The van der Waals surface area contributed by atoms with Gasteiger partial charge in [0.15, 0.2) is 12.2 Å². The maximum Gasteiger partial charge on any atom is 0.472 e. The zero-order valence-electron chi connectivity index (χ0n) is 64.8. The van der Waals surface area contributed by atoms with Crippen molar-refractivity contribution in [2.45, 2.75) is 439 Å². The molecule has 2 unspecified atom stereocenters. The van der Waals surface area contributed by atoms with Crippen LogP contribution in [-0.4, -0.2) is 96.7 Å². The van der Waals surface area contributed by atoms with Gasteiger partial charge in [0.1, 0.15) is 19.3 Å². The first kappa shape index (κ1) is 97.1. The lowest BCUT2D eigenvalue weighted by Gasteiger charge is -2.21. The Morgan fingerprint density at radius 1 is 0.273 bits per heavy atom. The number of aliphatic hydroxyl groups excluding tert-OH is 1. The number of unbranched alkanes of at least 4 members (excludes halogenated alkanes) is 49. The highest BCUT2D eigenvalue weighted by molar-refractivity contribution is 7.47. The normalized spacial score (nSPS) is 13.9. The van der Waals surface area contributed by atoms with E-state index in [2.05, 4.69) is 41.5 Å². The molecule has 0 fully saturated rings. The Hall–Kier alpha value is -1.94. The molecule has 0 aliphatic heterocycles. The van der Waals surface area contributed by atoms with Crippen LogP contribution in [0.15, 0.2) is 0 Å². The van der Waals surface area contributed by atoms with Gasteiger partial charge in [-0.05, 0) is 37.5 Å². The van der Waals surface area contributed by atoms with Crippen LogP contribution in [0.4, 0.5) is 0 Å². The van der Waals surface area contributed by atoms with E-state index in [4.69, 9.17) is 37.0 Å². The number of phosphoric acid groups is 2. The van der Waals surface area contributed by atoms with Crippen molar-refractivity contribution < 1.29 is 80.2 Å². The average Bonchev–Trinajstić information content (AvgIpc) is 1.01. The molecule has 0 saturated carbocycles. The number of hydrogen-bond acceptors (Lipinski definition) is 15. The van der Waals surface area contributed by atoms with Crippen molar-refractivity contribution >= 4 is 39.5 Å². The van der Waals surface area contributed by atoms with Crippen LogP contribution in [-0.2, 0) is 65.4 Å². The molecule has 0 aromatic carbocycles. The molecule has 0 aliphatic carbocycles. The zero-order chi connectivity index (χ0) is 72.8. The summed E-state index contributed by atoms with van der Waals surface area (Å²) in [6, 6.07) is 0. The lowest BCUT2D eigenvalue weighted by atomic mass is 10.0. The maximum absolute atomic E-state index is 13.1. The van der Waals surface area contributed by atoms with Gasteiger partial charge in [-0.25, -0.2) is 9.13 Å². The largest absolute Gasteiger partial charge is 0.472 e. The first-order chi connectivity index (χ1) is 47.9. The van der Waals surface area contributed by atoms with Crippen molar-refractivity contribution in [2.75, 3.05) is 39.6 Å². The van der Waals surface area contributed by atoms with Gasteiger partial charge in [-0.15, -0.1) is 0 Å². The molecular formula is C80H156O17P2. The molecule has 17 nitrogen and oxygen atoms in total. The van der Waals surface area contributed by atoms with E-state index in [0.29, 0.717) is 25.7 Å². The van der Waals surface area contributed by atoms with Gasteiger partial charge >= 0.3 is 39.5 Å². The molecule has 0 aliphatic rings. The molecule has 0 rings (SSSR count). The molecular weight excluding hydrogens is 1290 g/mol. The average molecular weight is 1450 g/mol. The van der Waals surface area contributed by atoms with Gasteiger partial charge < -0.3 is 33.8 Å². The van der Waals surface area contributed by atoms with Crippen LogP contribution < -0.4 is 0 Å². The van der Waals surface area contributed by atoms with E-state index in [1.165, 1.54) is 238 Å². The fraction of sp³-hybridized carbons (Fsp3) is 0.950. The molecule has 0 bridgehead atoms. The Morgan fingerprint density at radius 3 is 0.687 bits per heavy atom. The summed E-state index contributed by atoms with van der Waals surface area (Å²) in [6.45, 7) is 9.60. The van der Waals surface area contributed by atoms with Gasteiger partial charge in [0.2, 0.25) is 0 Å². The minimum absolute atomic E-state index is 0.106. The van der Waals surface area contributed by atoms with Crippen LogP contribution in [0.3, 0.4) is 0 Å². The van der Waals surface area contributed by atoms with E-state index in [9.17, 15) is 43.2 Å². The Bertz CT molecular complexity index is 1910. The maximum atomic E-state index is 13.1. The molecule has 99 heavy (non-hydrogen) atoms. The molecule has 0 aromatic heterocycles. The third-order valence-corrected chi connectivity index (χ3v) is 20.6. The lowest BCUT2D eigenvalue weighted by Crippen LogP contribution is -2.30. The number of aliphatic hydroxyl groups is 1. The van der Waals surface area contributed by atoms with E-state index >= 15 is 0 Å². The van der Waals surface area contributed by atoms with E-state index < -0.39 is 97.5 Å². The van der Waals surface area contributed by atoms with Crippen molar-refractivity contribution in [3.8, 4) is 0 Å². The molecule has 3 N–H and O–H groups in total. The second-order valence-corrected chi connectivity index (χ2v) is 32.7. The van der Waals surface area contributed by atoms with Crippen molar-refractivity contribution in [1.29, 1.82) is 0 Å². The predicted molar refractivity (Wildman–Crippen MR) is 405 cm³/mol. The minimum Gasteiger partial charge on any atom is -0.462 e. The molecule has 0 amide bonds. The molecule has 0 heterocycles. The summed E-state index contributed by atoms with van der Waals surface area (Å²) in [4.78, 5) is 73.0. The quantitative estimate of drug-likeness (QED) is 0.0222. The summed E-state index contributed by atoms with van der Waals surface area (Å²) in [6.07, 6.45) is 61.0. The smallest absolute Gasteiger partial charge is 0.462 e. The van der Waals surface area contributed by atoms with Crippen molar-refractivity contribution in [1.82, 2.24) is 0 Å². The monoisotopic (exact) mass is 1450 g/mol. The number of ether oxygens (including phenoxy) is 4. The molecule has 0 radical (unpaired) electrons. The second-order valence-electron chi connectivity index (χ2n) is 29.8. The van der Waals surface area contributed by atoms with Crippen LogP contribution in [0.25, 0.3) is 0 Å². The van der Waals surface area contributed by atoms with E-state index in [-0.39, 0.29) is 25.7 Å². The van der Waals surface area contributed by atoms with Crippen molar-refractivity contribution in [3.05, 3.63) is 0 Å². The summed E-state index contributed by atoms with van der Waals surface area (Å²) < 4.78 is 68.7. The predicted octanol–water partition coefficient (Wildman–Crippen LogP) is 23.9. The van der Waals surface area contributed by atoms with E-state index in [1.54, 1.807) is 0 Å². The standard InChI is InChI=1S/C80H156O17P2/c1-7-9-11-13-15-17-19-21-23-24-25-26-28-30-34-38-46-52-58-64-79(84)96-75(68-90-77(82)62-56-50-44-37-33-29-27-22-20-18-16-14-12-10-8-2)70-94-98(86,87)92-66-74(81)67-93-99(88,89)95-71-76(69-91-78(83)63-57-51-45-41-40-43-49-55-61-73(5)6)97-80(85)65-59-53-47-39-35-31-32-36-42-48-54-60-72(3)4/h72-76,81H,7-71H2,1-6H3,(H,86,87)(H,88,89)/t74-,75-,76-/m1/s1. The van der Waals surface area contributed by atoms with Crippen molar-refractivity contribution in [2.24, 2.45) is 11.8 Å². The lowest BCUT2D eigenvalue weighted by molar-refractivity contribution is -0.161. The summed E-state index contributed by atoms with van der Waals surface area (Å²) in [5.74, 6) is -0.618. The number of hydrogen-bond donors (Lipinski definition) is 3. The number of carbonyl (C=O) groups excluding carboxylic acids is 4. The first-order valence-electron chi connectivity index (χ1n) is 41.5. The van der Waals surface area contributed by atoms with Crippen LogP contribution in [0, 0.1) is 11.8 Å². The first-order valence-corrected chi connectivity index (χ1v) is 44.5. The number of esters is 4.